The molecule has 0 aliphatic rings. The summed E-state index contributed by atoms with van der Waals surface area (Å²) in [5, 5.41) is 12.3. The van der Waals surface area contributed by atoms with Gasteiger partial charge in [-0.1, -0.05) is 0 Å². The molecule has 0 unspecified atom stereocenters. The number of carbonyl (C=O) groups excluding carboxylic acids is 1. The maximum absolute atomic E-state index is 11.3. The third-order valence-corrected chi connectivity index (χ3v) is 1.21. The molecule has 0 aromatic rings. The third-order valence-electron chi connectivity index (χ3n) is 1.21. The second-order valence-corrected chi connectivity index (χ2v) is 3.27. The monoisotopic (exact) mass is 209 g/mol. The van der Waals surface area contributed by atoms with Crippen molar-refractivity contribution in [3.63, 3.8) is 0 Å². The molecule has 0 bridgehead atoms. The van der Waals surface area contributed by atoms with Crippen molar-refractivity contribution in [3.8, 4) is 6.07 Å². The van der Waals surface area contributed by atoms with Gasteiger partial charge in [0.1, 0.15) is 18.0 Å². The van der Waals surface area contributed by atoms with Crippen molar-refractivity contribution in [2.45, 2.75) is 0 Å². The first-order valence-electron chi connectivity index (χ1n) is 4.25. The lowest BCUT2D eigenvalue weighted by Gasteiger charge is -2.06. The standard InChI is InChI=1S/C9H15N5O/c1-13(2)6-8(5-10)9(15)12-11-7-14(3)4/h6-7H,1-4H3,(H,12,15)/b8-6+,11-7+. The topological polar surface area (TPSA) is 71.7 Å². The van der Waals surface area contributed by atoms with E-state index in [0.29, 0.717) is 0 Å². The number of rotatable bonds is 4. The van der Waals surface area contributed by atoms with Crippen LogP contribution in [0.2, 0.25) is 0 Å². The van der Waals surface area contributed by atoms with Gasteiger partial charge in [-0.2, -0.15) is 10.4 Å². The predicted octanol–water partition coefficient (Wildman–Crippen LogP) is -0.423. The highest BCUT2D eigenvalue weighted by Crippen LogP contribution is 1.93. The number of hydrogen-bond donors (Lipinski definition) is 1. The number of nitriles is 1. The molecule has 0 radical (unpaired) electrons. The SMILES string of the molecule is CN(C)/C=N/NC(=O)/C(C#N)=C/N(C)C. The van der Waals surface area contributed by atoms with Crippen molar-refractivity contribution < 1.29 is 4.79 Å². The summed E-state index contributed by atoms with van der Waals surface area (Å²) in [6.45, 7) is 0. The summed E-state index contributed by atoms with van der Waals surface area (Å²) in [5.74, 6) is -0.524. The van der Waals surface area contributed by atoms with Gasteiger partial charge in [-0.3, -0.25) is 4.79 Å². The minimum Gasteiger partial charge on any atom is -0.382 e. The van der Waals surface area contributed by atoms with Gasteiger partial charge < -0.3 is 9.80 Å². The van der Waals surface area contributed by atoms with Crippen molar-refractivity contribution in [1.29, 1.82) is 5.26 Å². The summed E-state index contributed by atoms with van der Waals surface area (Å²) in [7, 11) is 7.01. The minimum absolute atomic E-state index is 0.0101. The highest BCUT2D eigenvalue weighted by atomic mass is 16.2. The second kappa shape index (κ2) is 6.43. The highest BCUT2D eigenvalue weighted by molar-refractivity contribution is 5.97. The van der Waals surface area contributed by atoms with Crippen molar-refractivity contribution in [1.82, 2.24) is 15.2 Å². The van der Waals surface area contributed by atoms with Crippen LogP contribution in [0.3, 0.4) is 0 Å². The molecule has 6 nitrogen and oxygen atoms in total. The first kappa shape index (κ1) is 13.0. The molecule has 6 heteroatoms. The van der Waals surface area contributed by atoms with Gasteiger partial charge in [0.2, 0.25) is 0 Å². The van der Waals surface area contributed by atoms with E-state index in [1.165, 1.54) is 12.5 Å². The highest BCUT2D eigenvalue weighted by Gasteiger charge is 2.07. The van der Waals surface area contributed by atoms with E-state index in [4.69, 9.17) is 5.26 Å². The second-order valence-electron chi connectivity index (χ2n) is 3.27. The van der Waals surface area contributed by atoms with Crippen LogP contribution in [0.1, 0.15) is 0 Å². The molecule has 0 spiro atoms. The zero-order valence-corrected chi connectivity index (χ0v) is 9.35. The van der Waals surface area contributed by atoms with E-state index in [2.05, 4.69) is 10.5 Å². The van der Waals surface area contributed by atoms with E-state index in [9.17, 15) is 4.79 Å². The van der Waals surface area contributed by atoms with Gasteiger partial charge in [0.15, 0.2) is 0 Å². The first-order valence-corrected chi connectivity index (χ1v) is 4.25. The van der Waals surface area contributed by atoms with Crippen LogP contribution in [0.5, 0.6) is 0 Å². The Morgan fingerprint density at radius 3 is 2.33 bits per heavy atom. The number of nitrogens with one attached hydrogen (secondary N) is 1. The smallest absolute Gasteiger partial charge is 0.283 e. The summed E-state index contributed by atoms with van der Waals surface area (Å²) >= 11 is 0. The van der Waals surface area contributed by atoms with Gasteiger partial charge in [0, 0.05) is 34.4 Å². The van der Waals surface area contributed by atoms with E-state index in [0.717, 1.165) is 0 Å². The predicted molar refractivity (Wildman–Crippen MR) is 57.7 cm³/mol. The molecule has 0 aromatic carbocycles. The number of hydrazone groups is 1. The number of hydrogen-bond acceptors (Lipinski definition) is 4. The third kappa shape index (κ3) is 6.10. The van der Waals surface area contributed by atoms with Crippen LogP contribution >= 0.6 is 0 Å². The number of nitrogens with zero attached hydrogens (tertiary/aromatic N) is 4. The Morgan fingerprint density at radius 1 is 1.33 bits per heavy atom. The Bertz CT molecular complexity index is 311. The lowest BCUT2D eigenvalue weighted by molar-refractivity contribution is -0.117. The molecule has 0 aliphatic carbocycles. The number of carbonyl (C=O) groups is 1. The lowest BCUT2D eigenvalue weighted by atomic mass is 10.3. The molecular weight excluding hydrogens is 194 g/mol. The largest absolute Gasteiger partial charge is 0.382 e. The summed E-state index contributed by atoms with van der Waals surface area (Å²) in [5.41, 5.74) is 2.25. The summed E-state index contributed by atoms with van der Waals surface area (Å²) in [4.78, 5) is 14.6. The van der Waals surface area contributed by atoms with E-state index in [-0.39, 0.29) is 5.57 Å². The van der Waals surface area contributed by atoms with Crippen molar-refractivity contribution >= 4 is 12.2 Å². The van der Waals surface area contributed by atoms with E-state index >= 15 is 0 Å². The van der Waals surface area contributed by atoms with Crippen molar-refractivity contribution in [2.24, 2.45) is 5.10 Å². The van der Waals surface area contributed by atoms with Gasteiger partial charge in [-0.25, -0.2) is 5.43 Å². The maximum Gasteiger partial charge on any atom is 0.283 e. The molecule has 0 rings (SSSR count). The Balaban J connectivity index is 4.38. The Hall–Kier alpha value is -2.03. The molecule has 0 heterocycles. The van der Waals surface area contributed by atoms with Crippen LogP contribution in [0.4, 0.5) is 0 Å². The van der Waals surface area contributed by atoms with Gasteiger partial charge >= 0.3 is 0 Å². The normalized spacial score (nSPS) is 11.0. The molecule has 0 aliphatic heterocycles. The fraction of sp³-hybridized carbons (Fsp3) is 0.444. The molecule has 0 atom stereocenters. The van der Waals surface area contributed by atoms with Gasteiger partial charge in [0.05, 0.1) is 0 Å². The van der Waals surface area contributed by atoms with E-state index < -0.39 is 5.91 Å². The van der Waals surface area contributed by atoms with E-state index in [1.807, 2.05) is 0 Å². The van der Waals surface area contributed by atoms with Gasteiger partial charge in [0.25, 0.3) is 5.91 Å². The zero-order valence-electron chi connectivity index (χ0n) is 9.35. The van der Waals surface area contributed by atoms with Crippen LogP contribution in [0.25, 0.3) is 0 Å². The van der Waals surface area contributed by atoms with Crippen LogP contribution in [-0.2, 0) is 4.79 Å². The van der Waals surface area contributed by atoms with Crippen molar-refractivity contribution in [2.75, 3.05) is 28.2 Å². The molecule has 1 N–H and O–H groups in total. The average Bonchev–Trinajstić information content (AvgIpc) is 2.13. The quantitative estimate of drug-likeness (QED) is 0.224. The lowest BCUT2D eigenvalue weighted by Crippen LogP contribution is -2.22. The average molecular weight is 209 g/mol. The summed E-state index contributed by atoms with van der Waals surface area (Å²) in [6.07, 6.45) is 2.86. The number of amides is 1. The molecule has 0 fully saturated rings. The molecule has 1 amide bonds. The Kier molecular flexibility index (Phi) is 5.56. The van der Waals surface area contributed by atoms with Crippen LogP contribution < -0.4 is 5.43 Å². The van der Waals surface area contributed by atoms with Crippen LogP contribution in [0, 0.1) is 11.3 Å². The Morgan fingerprint density at radius 2 is 1.93 bits per heavy atom. The molecular formula is C9H15N5O. The molecule has 0 aromatic heterocycles. The van der Waals surface area contributed by atoms with Crippen LogP contribution in [-0.4, -0.2) is 50.2 Å². The summed E-state index contributed by atoms with van der Waals surface area (Å²) < 4.78 is 0. The Labute approximate surface area is 89.5 Å². The minimum atomic E-state index is -0.524. The van der Waals surface area contributed by atoms with Crippen LogP contribution in [0.15, 0.2) is 16.9 Å². The summed E-state index contributed by atoms with van der Waals surface area (Å²) in [6, 6.07) is 1.79. The zero-order chi connectivity index (χ0) is 11.8. The first-order chi connectivity index (χ1) is 6.97. The maximum atomic E-state index is 11.3. The molecule has 0 saturated carbocycles. The molecule has 82 valence electrons. The van der Waals surface area contributed by atoms with Crippen molar-refractivity contribution in [3.05, 3.63) is 11.8 Å². The fourth-order valence-corrected chi connectivity index (χ4v) is 0.660. The van der Waals surface area contributed by atoms with E-state index in [1.54, 1.807) is 44.1 Å². The molecule has 0 saturated heterocycles. The molecule has 15 heavy (non-hydrogen) atoms. The fourth-order valence-electron chi connectivity index (χ4n) is 0.660. The van der Waals surface area contributed by atoms with Gasteiger partial charge in [-0.15, -0.1) is 0 Å². The van der Waals surface area contributed by atoms with Gasteiger partial charge in [-0.05, 0) is 0 Å².